The summed E-state index contributed by atoms with van der Waals surface area (Å²) < 4.78 is 0. The number of fused-ring (bicyclic) bond motifs is 1. The molecule has 0 radical (unpaired) electrons. The van der Waals surface area contributed by atoms with Gasteiger partial charge in [0.05, 0.1) is 5.60 Å². The summed E-state index contributed by atoms with van der Waals surface area (Å²) in [5.74, 6) is 1.29. The van der Waals surface area contributed by atoms with Crippen molar-refractivity contribution in [3.8, 4) is 5.75 Å². The van der Waals surface area contributed by atoms with Crippen LogP contribution in [0.2, 0.25) is 0 Å². The summed E-state index contributed by atoms with van der Waals surface area (Å²) in [7, 11) is 0. The number of Topliss-reactive ketones (excluding diaryl/α,β-unsaturated/α-hetero) is 1. The molecular weight excluding hydrogens is 302 g/mol. The highest BCUT2D eigenvalue weighted by Gasteiger charge is 2.64. The Morgan fingerprint density at radius 2 is 2.08 bits per heavy atom. The first-order valence-electron chi connectivity index (χ1n) is 9.32. The van der Waals surface area contributed by atoms with Crippen LogP contribution in [-0.4, -0.2) is 45.6 Å². The van der Waals surface area contributed by atoms with Gasteiger partial charge in [-0.25, -0.2) is 0 Å². The van der Waals surface area contributed by atoms with Crippen molar-refractivity contribution in [2.75, 3.05) is 13.1 Å². The zero-order chi connectivity index (χ0) is 16.5. The fraction of sp³-hybridized carbons (Fsp3) is 0.650. The quantitative estimate of drug-likeness (QED) is 0.874. The van der Waals surface area contributed by atoms with E-state index in [1.54, 1.807) is 6.07 Å². The van der Waals surface area contributed by atoms with E-state index in [9.17, 15) is 15.0 Å². The van der Waals surface area contributed by atoms with Crippen LogP contribution >= 0.6 is 0 Å². The van der Waals surface area contributed by atoms with Crippen molar-refractivity contribution in [3.63, 3.8) is 0 Å². The van der Waals surface area contributed by atoms with E-state index >= 15 is 0 Å². The molecule has 0 spiro atoms. The highest BCUT2D eigenvalue weighted by atomic mass is 16.3. The molecule has 3 atom stereocenters. The Kier molecular flexibility index (Phi) is 3.00. The van der Waals surface area contributed by atoms with Crippen LogP contribution in [0, 0.1) is 5.92 Å². The fourth-order valence-electron chi connectivity index (χ4n) is 5.74. The first-order chi connectivity index (χ1) is 11.5. The molecule has 4 heteroatoms. The maximum Gasteiger partial charge on any atom is 0.134 e. The summed E-state index contributed by atoms with van der Waals surface area (Å²) in [6.45, 7) is 2.04. The lowest BCUT2D eigenvalue weighted by atomic mass is 9.49. The largest absolute Gasteiger partial charge is 0.508 e. The lowest BCUT2D eigenvalue weighted by Gasteiger charge is -2.63. The first kappa shape index (κ1) is 14.9. The van der Waals surface area contributed by atoms with Crippen molar-refractivity contribution in [2.24, 2.45) is 5.92 Å². The van der Waals surface area contributed by atoms with Crippen molar-refractivity contribution >= 4 is 5.78 Å². The second-order valence-electron chi connectivity index (χ2n) is 8.47. The minimum Gasteiger partial charge on any atom is -0.508 e. The standard InChI is InChI=1S/C20H25NO3/c22-15-4-3-14-9-18-20(24)6-5-16(23)11-19(20,17(14)10-15)7-8-21(18)12-13-1-2-13/h3-4,10,13,18,22,24H,1-2,5-9,11-12H2/t18?,19?,20-/m1/s1. The predicted molar refractivity (Wildman–Crippen MR) is 90.0 cm³/mol. The number of phenols is 1. The molecule has 2 bridgehead atoms. The summed E-state index contributed by atoms with van der Waals surface area (Å²) in [4.78, 5) is 14.8. The molecule has 2 saturated carbocycles. The van der Waals surface area contributed by atoms with Gasteiger partial charge in [-0.15, -0.1) is 0 Å². The van der Waals surface area contributed by atoms with Crippen molar-refractivity contribution in [2.45, 2.75) is 62.0 Å². The van der Waals surface area contributed by atoms with Gasteiger partial charge < -0.3 is 10.2 Å². The average Bonchev–Trinajstić information content (AvgIpc) is 3.36. The number of likely N-dealkylation sites (tertiary alicyclic amines) is 1. The molecule has 0 amide bonds. The Balaban J connectivity index is 1.65. The highest BCUT2D eigenvalue weighted by molar-refractivity contribution is 5.82. The van der Waals surface area contributed by atoms with Gasteiger partial charge in [0.15, 0.2) is 0 Å². The van der Waals surface area contributed by atoms with Gasteiger partial charge in [0, 0.05) is 30.8 Å². The van der Waals surface area contributed by atoms with Gasteiger partial charge in [-0.1, -0.05) is 6.07 Å². The Hall–Kier alpha value is -1.39. The molecule has 1 aliphatic heterocycles. The number of hydrogen-bond donors (Lipinski definition) is 2. The van der Waals surface area contributed by atoms with E-state index < -0.39 is 11.0 Å². The maximum absolute atomic E-state index is 12.3. The fourth-order valence-corrected chi connectivity index (χ4v) is 5.74. The van der Waals surface area contributed by atoms with Crippen molar-refractivity contribution in [3.05, 3.63) is 29.3 Å². The molecule has 2 N–H and O–H groups in total. The van der Waals surface area contributed by atoms with E-state index in [4.69, 9.17) is 0 Å². The maximum atomic E-state index is 12.3. The number of phenolic OH excluding ortho intramolecular Hbond substituents is 1. The van der Waals surface area contributed by atoms with Crippen LogP contribution in [0.3, 0.4) is 0 Å². The Labute approximate surface area is 142 Å². The summed E-state index contributed by atoms with van der Waals surface area (Å²) in [5.41, 5.74) is 0.895. The molecule has 1 aromatic carbocycles. The normalized spacial score (nSPS) is 38.5. The predicted octanol–water partition coefficient (Wildman–Crippen LogP) is 2.15. The number of nitrogens with zero attached hydrogens (tertiary/aromatic N) is 1. The van der Waals surface area contributed by atoms with Crippen LogP contribution in [0.25, 0.3) is 0 Å². The van der Waals surface area contributed by atoms with Gasteiger partial charge in [0.25, 0.3) is 0 Å². The van der Waals surface area contributed by atoms with Crippen LogP contribution in [0.5, 0.6) is 5.75 Å². The monoisotopic (exact) mass is 327 g/mol. The lowest BCUT2D eigenvalue weighted by molar-refractivity contribution is -0.173. The number of rotatable bonds is 2. The summed E-state index contributed by atoms with van der Waals surface area (Å²) in [6, 6.07) is 5.66. The zero-order valence-electron chi connectivity index (χ0n) is 14.0. The molecule has 24 heavy (non-hydrogen) atoms. The number of piperidine rings is 1. The van der Waals surface area contributed by atoms with Crippen LogP contribution in [-0.2, 0) is 16.6 Å². The molecule has 3 aliphatic carbocycles. The Morgan fingerprint density at radius 3 is 2.88 bits per heavy atom. The third-order valence-corrected chi connectivity index (χ3v) is 7.14. The topological polar surface area (TPSA) is 60.8 Å². The number of carbonyl (C=O) groups excluding carboxylic acids is 1. The van der Waals surface area contributed by atoms with E-state index in [0.717, 1.165) is 37.4 Å². The SMILES string of the molecule is O=C1CC[C@@]2(O)C3Cc4ccc(O)cc4C2(CCN3CC2CC2)C1. The molecule has 0 aromatic heterocycles. The molecule has 128 valence electrons. The minimum absolute atomic E-state index is 0.108. The van der Waals surface area contributed by atoms with Gasteiger partial charge in [0.1, 0.15) is 11.5 Å². The van der Waals surface area contributed by atoms with Crippen molar-refractivity contribution in [1.82, 2.24) is 4.90 Å². The smallest absolute Gasteiger partial charge is 0.134 e. The molecule has 1 saturated heterocycles. The second kappa shape index (κ2) is 4.83. The van der Waals surface area contributed by atoms with Crippen LogP contribution < -0.4 is 0 Å². The number of carbonyl (C=O) groups is 1. The van der Waals surface area contributed by atoms with Gasteiger partial charge >= 0.3 is 0 Å². The summed E-state index contributed by atoms with van der Waals surface area (Å²) in [6.07, 6.45) is 5.75. The van der Waals surface area contributed by atoms with E-state index in [-0.39, 0.29) is 17.6 Å². The second-order valence-corrected chi connectivity index (χ2v) is 8.47. The van der Waals surface area contributed by atoms with E-state index in [2.05, 4.69) is 4.90 Å². The third-order valence-electron chi connectivity index (χ3n) is 7.14. The minimum atomic E-state index is -0.838. The van der Waals surface area contributed by atoms with E-state index in [1.165, 1.54) is 18.4 Å². The van der Waals surface area contributed by atoms with Crippen molar-refractivity contribution < 1.29 is 15.0 Å². The Morgan fingerprint density at radius 1 is 1.25 bits per heavy atom. The van der Waals surface area contributed by atoms with Gasteiger partial charge in [-0.3, -0.25) is 9.69 Å². The number of hydrogen-bond acceptors (Lipinski definition) is 4. The molecule has 4 aliphatic rings. The molecular formula is C20H25NO3. The van der Waals surface area contributed by atoms with Crippen LogP contribution in [0.4, 0.5) is 0 Å². The number of benzene rings is 1. The van der Waals surface area contributed by atoms with Crippen molar-refractivity contribution in [1.29, 1.82) is 0 Å². The average molecular weight is 327 g/mol. The van der Waals surface area contributed by atoms with Crippen LogP contribution in [0.1, 0.15) is 49.7 Å². The number of ketones is 1. The number of aromatic hydroxyl groups is 1. The summed E-state index contributed by atoms with van der Waals surface area (Å²) >= 11 is 0. The van der Waals surface area contributed by atoms with Gasteiger partial charge in [-0.05, 0) is 67.8 Å². The van der Waals surface area contributed by atoms with E-state index in [1.807, 2.05) is 12.1 Å². The Bertz CT molecular complexity index is 713. The molecule has 4 nitrogen and oxygen atoms in total. The van der Waals surface area contributed by atoms with E-state index in [0.29, 0.717) is 19.3 Å². The summed E-state index contributed by atoms with van der Waals surface area (Å²) in [5, 5.41) is 21.9. The number of aliphatic hydroxyl groups is 1. The third kappa shape index (κ3) is 1.90. The molecule has 2 unspecified atom stereocenters. The van der Waals surface area contributed by atoms with Gasteiger partial charge in [0.2, 0.25) is 0 Å². The van der Waals surface area contributed by atoms with Gasteiger partial charge in [-0.2, -0.15) is 0 Å². The molecule has 3 fully saturated rings. The molecule has 1 aromatic rings. The highest BCUT2D eigenvalue weighted by Crippen LogP contribution is 2.58. The first-order valence-corrected chi connectivity index (χ1v) is 9.32. The zero-order valence-corrected chi connectivity index (χ0v) is 14.0. The molecule has 5 rings (SSSR count). The molecule has 1 heterocycles. The lowest BCUT2D eigenvalue weighted by Crippen LogP contribution is -2.73. The van der Waals surface area contributed by atoms with Crippen LogP contribution in [0.15, 0.2) is 18.2 Å².